The van der Waals surface area contributed by atoms with Crippen LogP contribution in [0.25, 0.3) is 0 Å². The van der Waals surface area contributed by atoms with Gasteiger partial charge in [0.2, 0.25) is 0 Å². The van der Waals surface area contributed by atoms with Crippen molar-refractivity contribution in [3.05, 3.63) is 24.3 Å². The molecule has 0 radical (unpaired) electrons. The average molecular weight is 263 g/mol. The van der Waals surface area contributed by atoms with Crippen molar-refractivity contribution in [2.24, 2.45) is 0 Å². The molecule has 0 spiro atoms. The summed E-state index contributed by atoms with van der Waals surface area (Å²) in [6.07, 6.45) is 4.92. The van der Waals surface area contributed by atoms with Gasteiger partial charge in [-0.15, -0.1) is 0 Å². The minimum atomic E-state index is 0.413. The minimum Gasteiger partial charge on any atom is -0.492 e. The highest BCUT2D eigenvalue weighted by atomic mass is 16.5. The number of hydrogen-bond acceptors (Lipinski definition) is 3. The highest BCUT2D eigenvalue weighted by molar-refractivity contribution is 5.56. The van der Waals surface area contributed by atoms with E-state index in [1.165, 1.54) is 6.42 Å². The summed E-state index contributed by atoms with van der Waals surface area (Å²) in [7, 11) is 0. The van der Waals surface area contributed by atoms with Gasteiger partial charge in [0.1, 0.15) is 5.75 Å². The molecule has 1 fully saturated rings. The van der Waals surface area contributed by atoms with Crippen LogP contribution in [0.5, 0.6) is 5.75 Å². The quantitative estimate of drug-likeness (QED) is 0.845. The fourth-order valence-electron chi connectivity index (χ4n) is 2.62. The molecule has 19 heavy (non-hydrogen) atoms. The molecular weight excluding hydrogens is 238 g/mol. The van der Waals surface area contributed by atoms with Crippen molar-refractivity contribution in [3.8, 4) is 5.75 Å². The first kappa shape index (κ1) is 14.2. The lowest BCUT2D eigenvalue weighted by Crippen LogP contribution is -2.34. The van der Waals surface area contributed by atoms with Gasteiger partial charge in [-0.25, -0.2) is 0 Å². The monoisotopic (exact) mass is 263 g/mol. The first-order valence-electron chi connectivity index (χ1n) is 7.43. The Labute approximate surface area is 116 Å². The molecule has 2 unspecified atom stereocenters. The Morgan fingerprint density at radius 2 is 2.16 bits per heavy atom. The van der Waals surface area contributed by atoms with Gasteiger partial charge in [0.05, 0.1) is 18.4 Å². The fourth-order valence-corrected chi connectivity index (χ4v) is 2.62. The van der Waals surface area contributed by atoms with Crippen molar-refractivity contribution in [1.82, 2.24) is 0 Å². The summed E-state index contributed by atoms with van der Waals surface area (Å²) < 4.78 is 11.5. The second-order valence-corrected chi connectivity index (χ2v) is 5.08. The Hall–Kier alpha value is -1.22. The number of anilines is 1. The summed E-state index contributed by atoms with van der Waals surface area (Å²) in [5.74, 6) is 0.948. The van der Waals surface area contributed by atoms with Crippen LogP contribution in [0, 0.1) is 0 Å². The molecule has 2 rings (SSSR count). The van der Waals surface area contributed by atoms with Crippen molar-refractivity contribution >= 4 is 5.69 Å². The molecule has 3 nitrogen and oxygen atoms in total. The average Bonchev–Trinajstić information content (AvgIpc) is 2.42. The van der Waals surface area contributed by atoms with Crippen molar-refractivity contribution < 1.29 is 9.47 Å². The molecule has 1 heterocycles. The first-order chi connectivity index (χ1) is 9.33. The summed E-state index contributed by atoms with van der Waals surface area (Å²) in [5.41, 5.74) is 1.10. The van der Waals surface area contributed by atoms with E-state index < -0.39 is 0 Å². The molecule has 3 heteroatoms. The van der Waals surface area contributed by atoms with Crippen molar-refractivity contribution in [3.63, 3.8) is 0 Å². The lowest BCUT2D eigenvalue weighted by atomic mass is 10.00. The van der Waals surface area contributed by atoms with E-state index in [4.69, 9.17) is 9.47 Å². The molecule has 0 aromatic heterocycles. The third-order valence-electron chi connectivity index (χ3n) is 3.52. The standard InChI is InChI=1S/C16H25NO2/c1-3-7-14-12-13(10-11-19-14)17-15-8-5-6-9-16(15)18-4-2/h5-6,8-9,13-14,17H,3-4,7,10-12H2,1-2H3. The summed E-state index contributed by atoms with van der Waals surface area (Å²) >= 11 is 0. The van der Waals surface area contributed by atoms with Gasteiger partial charge in [-0.3, -0.25) is 0 Å². The molecule has 1 saturated heterocycles. The molecule has 1 aliphatic rings. The van der Waals surface area contributed by atoms with Gasteiger partial charge in [0.25, 0.3) is 0 Å². The largest absolute Gasteiger partial charge is 0.492 e. The second-order valence-electron chi connectivity index (χ2n) is 5.08. The van der Waals surface area contributed by atoms with Gasteiger partial charge in [0, 0.05) is 12.6 Å². The Morgan fingerprint density at radius 3 is 2.95 bits per heavy atom. The van der Waals surface area contributed by atoms with E-state index >= 15 is 0 Å². The van der Waals surface area contributed by atoms with Gasteiger partial charge in [-0.05, 0) is 38.3 Å². The Balaban J connectivity index is 1.96. The molecular formula is C16H25NO2. The highest BCUT2D eigenvalue weighted by Crippen LogP contribution is 2.27. The third kappa shape index (κ3) is 4.13. The van der Waals surface area contributed by atoms with Crippen LogP contribution in [0.4, 0.5) is 5.69 Å². The predicted octanol–water partition coefficient (Wildman–Crippen LogP) is 3.84. The van der Waals surface area contributed by atoms with Gasteiger partial charge >= 0.3 is 0 Å². The molecule has 106 valence electrons. The van der Waals surface area contributed by atoms with Gasteiger partial charge in [-0.1, -0.05) is 25.5 Å². The number of nitrogens with one attached hydrogen (secondary N) is 1. The molecule has 1 aliphatic heterocycles. The summed E-state index contributed by atoms with van der Waals surface area (Å²) in [4.78, 5) is 0. The van der Waals surface area contributed by atoms with Gasteiger partial charge in [0.15, 0.2) is 0 Å². The van der Waals surface area contributed by atoms with Crippen LogP contribution in [0.2, 0.25) is 0 Å². The third-order valence-corrected chi connectivity index (χ3v) is 3.52. The lowest BCUT2D eigenvalue weighted by molar-refractivity contribution is 0.00594. The SMILES string of the molecule is CCCC1CC(Nc2ccccc2OCC)CCO1. The van der Waals surface area contributed by atoms with Crippen LogP contribution in [-0.4, -0.2) is 25.4 Å². The van der Waals surface area contributed by atoms with E-state index in [1.54, 1.807) is 0 Å². The topological polar surface area (TPSA) is 30.5 Å². The number of para-hydroxylation sites is 2. The molecule has 0 amide bonds. The molecule has 0 bridgehead atoms. The predicted molar refractivity (Wildman–Crippen MR) is 78.9 cm³/mol. The first-order valence-corrected chi connectivity index (χ1v) is 7.43. The van der Waals surface area contributed by atoms with Crippen LogP contribution in [0.1, 0.15) is 39.5 Å². The van der Waals surface area contributed by atoms with Crippen molar-refractivity contribution in [1.29, 1.82) is 0 Å². The lowest BCUT2D eigenvalue weighted by Gasteiger charge is -2.31. The Morgan fingerprint density at radius 1 is 1.32 bits per heavy atom. The number of ether oxygens (including phenoxy) is 2. The van der Waals surface area contributed by atoms with Gasteiger partial charge in [-0.2, -0.15) is 0 Å². The Kier molecular flexibility index (Phi) is 5.52. The molecule has 2 atom stereocenters. The van der Waals surface area contributed by atoms with E-state index in [0.717, 1.165) is 37.3 Å². The van der Waals surface area contributed by atoms with E-state index in [0.29, 0.717) is 18.8 Å². The van der Waals surface area contributed by atoms with E-state index in [9.17, 15) is 0 Å². The van der Waals surface area contributed by atoms with Crippen LogP contribution in [0.15, 0.2) is 24.3 Å². The van der Waals surface area contributed by atoms with E-state index in [1.807, 2.05) is 25.1 Å². The number of benzene rings is 1. The second kappa shape index (κ2) is 7.39. The normalized spacial score (nSPS) is 23.1. The number of hydrogen-bond donors (Lipinski definition) is 1. The summed E-state index contributed by atoms with van der Waals surface area (Å²) in [5, 5.41) is 3.62. The van der Waals surface area contributed by atoms with Gasteiger partial charge < -0.3 is 14.8 Å². The maximum absolute atomic E-state index is 5.79. The van der Waals surface area contributed by atoms with Crippen LogP contribution >= 0.6 is 0 Å². The summed E-state index contributed by atoms with van der Waals surface area (Å²) in [6.45, 7) is 5.79. The molecule has 1 N–H and O–H groups in total. The molecule has 1 aromatic carbocycles. The zero-order valence-electron chi connectivity index (χ0n) is 12.0. The molecule has 0 aliphatic carbocycles. The van der Waals surface area contributed by atoms with Crippen LogP contribution in [0.3, 0.4) is 0 Å². The van der Waals surface area contributed by atoms with Crippen LogP contribution < -0.4 is 10.1 Å². The smallest absolute Gasteiger partial charge is 0.142 e. The number of rotatable bonds is 6. The molecule has 1 aromatic rings. The van der Waals surface area contributed by atoms with E-state index in [2.05, 4.69) is 18.3 Å². The Bertz CT molecular complexity index is 379. The zero-order valence-corrected chi connectivity index (χ0v) is 12.0. The van der Waals surface area contributed by atoms with Crippen LogP contribution in [-0.2, 0) is 4.74 Å². The molecule has 0 saturated carbocycles. The highest BCUT2D eigenvalue weighted by Gasteiger charge is 2.22. The maximum atomic E-state index is 5.79. The zero-order chi connectivity index (χ0) is 13.5. The van der Waals surface area contributed by atoms with Crippen molar-refractivity contribution in [2.75, 3.05) is 18.5 Å². The maximum Gasteiger partial charge on any atom is 0.142 e. The van der Waals surface area contributed by atoms with E-state index in [-0.39, 0.29) is 0 Å². The summed E-state index contributed by atoms with van der Waals surface area (Å²) in [6, 6.07) is 8.67. The fraction of sp³-hybridized carbons (Fsp3) is 0.625. The van der Waals surface area contributed by atoms with Crippen molar-refractivity contribution in [2.45, 2.75) is 51.7 Å². The minimum absolute atomic E-state index is 0.413.